The van der Waals surface area contributed by atoms with E-state index in [4.69, 9.17) is 11.6 Å². The number of hydrogen-bond donors (Lipinski definition) is 0. The molecule has 0 saturated carbocycles. The predicted octanol–water partition coefficient (Wildman–Crippen LogP) is 5.23. The van der Waals surface area contributed by atoms with Crippen LogP contribution in [-0.4, -0.2) is 23.1 Å². The van der Waals surface area contributed by atoms with Gasteiger partial charge < -0.3 is 4.57 Å². The lowest BCUT2D eigenvalue weighted by atomic mass is 9.97. The van der Waals surface area contributed by atoms with Crippen LogP contribution < -0.4 is 0 Å². The van der Waals surface area contributed by atoms with Gasteiger partial charge in [0.1, 0.15) is 5.82 Å². The minimum atomic E-state index is -0.162. The molecule has 2 heterocycles. The van der Waals surface area contributed by atoms with Crippen molar-refractivity contribution in [2.24, 2.45) is 0 Å². The number of rotatable bonds is 3. The summed E-state index contributed by atoms with van der Waals surface area (Å²) in [5, 5.41) is 1.82. The highest BCUT2D eigenvalue weighted by Gasteiger charge is 2.27. The van der Waals surface area contributed by atoms with Crippen molar-refractivity contribution in [2.75, 3.05) is 13.6 Å². The Morgan fingerprint density at radius 1 is 1.16 bits per heavy atom. The van der Waals surface area contributed by atoms with Gasteiger partial charge in [-0.3, -0.25) is 4.90 Å². The zero-order valence-corrected chi connectivity index (χ0v) is 15.4. The van der Waals surface area contributed by atoms with E-state index in [0.717, 1.165) is 41.9 Å². The number of aromatic nitrogens is 1. The van der Waals surface area contributed by atoms with Gasteiger partial charge in [0.05, 0.1) is 0 Å². The molecule has 0 aliphatic carbocycles. The molecule has 0 spiro atoms. The molecule has 1 unspecified atom stereocenters. The number of aryl methyl sites for hydroxylation is 2. The molecule has 2 nitrogen and oxygen atoms in total. The van der Waals surface area contributed by atoms with E-state index >= 15 is 0 Å². The Bertz CT molecular complexity index is 914. The van der Waals surface area contributed by atoms with Crippen molar-refractivity contribution in [3.8, 4) is 0 Å². The maximum Gasteiger partial charge on any atom is 0.123 e. The van der Waals surface area contributed by atoms with Gasteiger partial charge in [0, 0.05) is 47.2 Å². The lowest BCUT2D eigenvalue weighted by Gasteiger charge is -2.31. The Morgan fingerprint density at radius 3 is 2.68 bits per heavy atom. The molecule has 4 rings (SSSR count). The number of likely N-dealkylation sites (N-methyl/N-ethyl adjacent to an activating group) is 1. The third-order valence-electron chi connectivity index (χ3n) is 5.49. The van der Waals surface area contributed by atoms with Gasteiger partial charge in [0.15, 0.2) is 0 Å². The third kappa shape index (κ3) is 2.96. The summed E-state index contributed by atoms with van der Waals surface area (Å²) in [6.07, 6.45) is 1.95. The van der Waals surface area contributed by atoms with E-state index < -0.39 is 0 Å². The highest BCUT2D eigenvalue weighted by atomic mass is 35.5. The van der Waals surface area contributed by atoms with E-state index in [9.17, 15) is 4.39 Å². The third-order valence-corrected chi connectivity index (χ3v) is 5.75. The zero-order chi connectivity index (χ0) is 17.6. The fraction of sp³-hybridized carbons (Fsp3) is 0.333. The molecule has 0 fully saturated rings. The molecule has 1 aliphatic heterocycles. The summed E-state index contributed by atoms with van der Waals surface area (Å²) in [5.41, 5.74) is 5.06. The Balaban J connectivity index is 1.76. The van der Waals surface area contributed by atoms with E-state index in [-0.39, 0.29) is 5.82 Å². The molecular formula is C21H22ClFN2. The van der Waals surface area contributed by atoms with Crippen molar-refractivity contribution in [2.45, 2.75) is 32.4 Å². The van der Waals surface area contributed by atoms with Gasteiger partial charge in [0.25, 0.3) is 0 Å². The van der Waals surface area contributed by atoms with E-state index in [1.165, 1.54) is 16.8 Å². The minimum absolute atomic E-state index is 0.162. The summed E-state index contributed by atoms with van der Waals surface area (Å²) < 4.78 is 16.3. The van der Waals surface area contributed by atoms with Crippen molar-refractivity contribution in [1.29, 1.82) is 0 Å². The van der Waals surface area contributed by atoms with Crippen molar-refractivity contribution in [3.63, 3.8) is 0 Å². The number of benzene rings is 2. The summed E-state index contributed by atoms with van der Waals surface area (Å²) >= 11 is 5.98. The first-order chi connectivity index (χ1) is 12.0. The summed E-state index contributed by atoms with van der Waals surface area (Å²) in [5.74, 6) is -0.162. The van der Waals surface area contributed by atoms with Crippen molar-refractivity contribution >= 4 is 22.5 Å². The second kappa shape index (κ2) is 6.47. The molecule has 1 aromatic heterocycles. The van der Waals surface area contributed by atoms with E-state index in [0.29, 0.717) is 6.04 Å². The first-order valence-electron chi connectivity index (χ1n) is 8.80. The van der Waals surface area contributed by atoms with Crippen molar-refractivity contribution in [1.82, 2.24) is 9.47 Å². The minimum Gasteiger partial charge on any atom is -0.344 e. The van der Waals surface area contributed by atoms with Crippen molar-refractivity contribution in [3.05, 3.63) is 70.1 Å². The molecule has 130 valence electrons. The highest BCUT2D eigenvalue weighted by molar-refractivity contribution is 6.30. The quantitative estimate of drug-likeness (QED) is 0.624. The standard InChI is InChI=1S/C21H22ClFN2/c1-14-21-18-13-17(23)7-8-19(18)25(20(21)10-11-24(14)2)12-9-15-3-5-16(22)6-4-15/h3-8,13-14H,9-12H2,1-2H3. The van der Waals surface area contributed by atoms with Crippen molar-refractivity contribution < 1.29 is 4.39 Å². The molecule has 0 radical (unpaired) electrons. The van der Waals surface area contributed by atoms with E-state index in [1.807, 2.05) is 18.2 Å². The monoisotopic (exact) mass is 356 g/mol. The van der Waals surface area contributed by atoms with Gasteiger partial charge >= 0.3 is 0 Å². The Kier molecular flexibility index (Phi) is 4.30. The molecule has 4 heteroatoms. The van der Waals surface area contributed by atoms with Crippen LogP contribution in [0.15, 0.2) is 42.5 Å². The van der Waals surface area contributed by atoms with E-state index in [2.05, 4.69) is 35.6 Å². The number of halogens is 2. The summed E-state index contributed by atoms with van der Waals surface area (Å²) in [6.45, 7) is 4.15. The smallest absolute Gasteiger partial charge is 0.123 e. The first-order valence-corrected chi connectivity index (χ1v) is 9.17. The molecule has 25 heavy (non-hydrogen) atoms. The topological polar surface area (TPSA) is 8.17 Å². The molecular weight excluding hydrogens is 335 g/mol. The van der Waals surface area contributed by atoms with Gasteiger partial charge in [-0.05, 0) is 61.9 Å². The largest absolute Gasteiger partial charge is 0.344 e. The van der Waals surface area contributed by atoms with Crippen LogP contribution in [0, 0.1) is 5.82 Å². The zero-order valence-electron chi connectivity index (χ0n) is 14.6. The molecule has 1 aliphatic rings. The SMILES string of the molecule is CC1c2c(n(CCc3ccc(Cl)cc3)c3ccc(F)cc23)CCN1C. The van der Waals surface area contributed by atoms with Crippen LogP contribution in [0.5, 0.6) is 0 Å². The normalized spacial score (nSPS) is 17.8. The van der Waals surface area contributed by atoms with Crippen LogP contribution in [0.2, 0.25) is 5.02 Å². The van der Waals surface area contributed by atoms with Gasteiger partial charge in [0.2, 0.25) is 0 Å². The predicted molar refractivity (Wildman–Crippen MR) is 102 cm³/mol. The molecule has 0 bridgehead atoms. The number of nitrogens with zero attached hydrogens (tertiary/aromatic N) is 2. The highest BCUT2D eigenvalue weighted by Crippen LogP contribution is 2.37. The average molecular weight is 357 g/mol. The van der Waals surface area contributed by atoms with Crippen LogP contribution in [0.4, 0.5) is 4.39 Å². The van der Waals surface area contributed by atoms with Crippen LogP contribution in [0.3, 0.4) is 0 Å². The fourth-order valence-corrected chi connectivity index (χ4v) is 4.11. The summed E-state index contributed by atoms with van der Waals surface area (Å²) in [6, 6.07) is 13.5. The Hall–Kier alpha value is -1.84. The van der Waals surface area contributed by atoms with E-state index in [1.54, 1.807) is 12.1 Å². The first kappa shape index (κ1) is 16.6. The number of fused-ring (bicyclic) bond motifs is 3. The molecule has 2 aromatic carbocycles. The van der Waals surface area contributed by atoms with Crippen LogP contribution in [-0.2, 0) is 19.4 Å². The summed E-state index contributed by atoms with van der Waals surface area (Å²) in [4.78, 5) is 2.34. The lowest BCUT2D eigenvalue weighted by Crippen LogP contribution is -2.31. The van der Waals surface area contributed by atoms with Gasteiger partial charge in [-0.25, -0.2) is 4.39 Å². The molecule has 3 aromatic rings. The van der Waals surface area contributed by atoms with Gasteiger partial charge in [-0.2, -0.15) is 0 Å². The van der Waals surface area contributed by atoms with Crippen LogP contribution in [0.25, 0.3) is 10.9 Å². The maximum absolute atomic E-state index is 13.9. The van der Waals surface area contributed by atoms with Crippen LogP contribution in [0.1, 0.15) is 29.8 Å². The second-order valence-electron chi connectivity index (χ2n) is 6.96. The lowest BCUT2D eigenvalue weighted by molar-refractivity contribution is 0.245. The molecule has 0 saturated heterocycles. The number of hydrogen-bond acceptors (Lipinski definition) is 1. The second-order valence-corrected chi connectivity index (χ2v) is 7.39. The summed E-state index contributed by atoms with van der Waals surface area (Å²) in [7, 11) is 2.14. The van der Waals surface area contributed by atoms with Crippen LogP contribution >= 0.6 is 11.6 Å². The maximum atomic E-state index is 13.9. The Morgan fingerprint density at radius 2 is 1.92 bits per heavy atom. The molecule has 1 atom stereocenters. The van der Waals surface area contributed by atoms with Gasteiger partial charge in [-0.1, -0.05) is 23.7 Å². The fourth-order valence-electron chi connectivity index (χ4n) is 3.99. The average Bonchev–Trinajstić information content (AvgIpc) is 2.91. The molecule has 0 amide bonds. The van der Waals surface area contributed by atoms with Gasteiger partial charge in [-0.15, -0.1) is 0 Å². The Labute approximate surface area is 152 Å². The molecule has 0 N–H and O–H groups in total.